The summed E-state index contributed by atoms with van der Waals surface area (Å²) >= 11 is 6.87. The largest absolute Gasteiger partial charge is 0.398 e. The first-order valence-corrected chi connectivity index (χ1v) is 8.31. The number of nitrogen functional groups attached to an aromatic ring is 1. The lowest BCUT2D eigenvalue weighted by Gasteiger charge is -2.30. The lowest BCUT2D eigenvalue weighted by atomic mass is 9.99. The predicted molar refractivity (Wildman–Crippen MR) is 92.7 cm³/mol. The Labute approximate surface area is 140 Å². The second-order valence-electron chi connectivity index (χ2n) is 5.03. The summed E-state index contributed by atoms with van der Waals surface area (Å²) in [5.74, 6) is 0.000856. The van der Waals surface area contributed by atoms with Gasteiger partial charge in [0.15, 0.2) is 0 Å². The van der Waals surface area contributed by atoms with Crippen LogP contribution < -0.4 is 10.6 Å². The summed E-state index contributed by atoms with van der Waals surface area (Å²) in [6.45, 7) is 0.720. The molecule has 1 aliphatic rings. The van der Waals surface area contributed by atoms with Crippen LogP contribution >= 0.6 is 31.9 Å². The lowest BCUT2D eigenvalue weighted by molar-refractivity contribution is 0.0984. The van der Waals surface area contributed by atoms with E-state index in [-0.39, 0.29) is 5.91 Å². The molecule has 0 aliphatic carbocycles. The number of carbonyl (C=O) groups excluding carboxylic acids is 1. The Morgan fingerprint density at radius 2 is 2.00 bits per heavy atom. The summed E-state index contributed by atoms with van der Waals surface area (Å²) < 4.78 is 1.73. The molecule has 0 spiro atoms. The van der Waals surface area contributed by atoms with E-state index in [1.54, 1.807) is 0 Å². The molecular weight excluding hydrogens is 396 g/mol. The highest BCUT2D eigenvalue weighted by atomic mass is 79.9. The van der Waals surface area contributed by atoms with Crippen LogP contribution in [0.1, 0.15) is 22.3 Å². The third kappa shape index (κ3) is 2.72. The third-order valence-electron chi connectivity index (χ3n) is 3.69. The Bertz CT molecular complexity index is 715. The molecule has 0 radical (unpaired) electrons. The van der Waals surface area contributed by atoms with E-state index in [9.17, 15) is 4.79 Å². The number of benzene rings is 2. The Morgan fingerprint density at radius 1 is 1.19 bits per heavy atom. The third-order valence-corrected chi connectivity index (χ3v) is 4.84. The molecule has 0 saturated heterocycles. The fraction of sp³-hybridized carbons (Fsp3) is 0.188. The van der Waals surface area contributed by atoms with Gasteiger partial charge in [-0.05, 0) is 64.7 Å². The zero-order valence-electron chi connectivity index (χ0n) is 11.3. The van der Waals surface area contributed by atoms with Gasteiger partial charge < -0.3 is 10.6 Å². The first-order chi connectivity index (χ1) is 10.1. The van der Waals surface area contributed by atoms with E-state index in [1.807, 2.05) is 41.3 Å². The number of hydrogen-bond donors (Lipinski definition) is 1. The van der Waals surface area contributed by atoms with Crippen molar-refractivity contribution in [3.8, 4) is 0 Å². The fourth-order valence-corrected chi connectivity index (χ4v) is 3.89. The van der Waals surface area contributed by atoms with Gasteiger partial charge in [0, 0.05) is 26.9 Å². The predicted octanol–water partition coefficient (Wildman–Crippen LogP) is 4.39. The topological polar surface area (TPSA) is 46.3 Å². The molecule has 0 aromatic heterocycles. The summed E-state index contributed by atoms with van der Waals surface area (Å²) in [6, 6.07) is 11.4. The van der Waals surface area contributed by atoms with Gasteiger partial charge >= 0.3 is 0 Å². The van der Waals surface area contributed by atoms with Crippen LogP contribution in [0.2, 0.25) is 0 Å². The number of rotatable bonds is 1. The van der Waals surface area contributed by atoms with Crippen LogP contribution in [0.5, 0.6) is 0 Å². The monoisotopic (exact) mass is 408 g/mol. The molecule has 0 bridgehead atoms. The van der Waals surface area contributed by atoms with Crippen LogP contribution in [0.15, 0.2) is 45.3 Å². The summed E-state index contributed by atoms with van der Waals surface area (Å²) in [6.07, 6.45) is 1.86. The SMILES string of the molecule is Nc1cccc2c1CCCN2C(=O)c1ccc(Br)cc1Br. The molecule has 3 nitrogen and oxygen atoms in total. The highest BCUT2D eigenvalue weighted by Gasteiger charge is 2.25. The van der Waals surface area contributed by atoms with E-state index in [2.05, 4.69) is 31.9 Å². The molecule has 1 amide bonds. The average molecular weight is 410 g/mol. The molecule has 2 aromatic rings. The van der Waals surface area contributed by atoms with Gasteiger partial charge in [-0.2, -0.15) is 0 Å². The molecule has 21 heavy (non-hydrogen) atoms. The molecule has 1 aliphatic heterocycles. The molecule has 5 heteroatoms. The van der Waals surface area contributed by atoms with Crippen molar-refractivity contribution in [1.29, 1.82) is 0 Å². The van der Waals surface area contributed by atoms with Gasteiger partial charge in [-0.25, -0.2) is 0 Å². The van der Waals surface area contributed by atoms with Gasteiger partial charge in [-0.15, -0.1) is 0 Å². The first kappa shape index (κ1) is 14.6. The van der Waals surface area contributed by atoms with Crippen molar-refractivity contribution in [3.63, 3.8) is 0 Å². The Hall–Kier alpha value is -1.33. The van der Waals surface area contributed by atoms with Crippen LogP contribution in [0.3, 0.4) is 0 Å². The molecule has 108 valence electrons. The minimum atomic E-state index is 0.000856. The minimum Gasteiger partial charge on any atom is -0.398 e. The molecule has 1 heterocycles. The van der Waals surface area contributed by atoms with Gasteiger partial charge in [0.05, 0.1) is 5.56 Å². The van der Waals surface area contributed by atoms with Crippen LogP contribution in [0.4, 0.5) is 11.4 Å². The van der Waals surface area contributed by atoms with E-state index >= 15 is 0 Å². The Kier molecular flexibility index (Phi) is 4.04. The van der Waals surface area contributed by atoms with E-state index in [0.29, 0.717) is 5.56 Å². The fourth-order valence-electron chi connectivity index (χ4n) is 2.67. The van der Waals surface area contributed by atoms with E-state index < -0.39 is 0 Å². The summed E-state index contributed by atoms with van der Waals surface area (Å²) in [7, 11) is 0. The first-order valence-electron chi connectivity index (χ1n) is 6.72. The van der Waals surface area contributed by atoms with Crippen molar-refractivity contribution in [1.82, 2.24) is 0 Å². The number of nitrogens with zero attached hydrogens (tertiary/aromatic N) is 1. The summed E-state index contributed by atoms with van der Waals surface area (Å²) in [4.78, 5) is 14.7. The maximum absolute atomic E-state index is 12.8. The maximum Gasteiger partial charge on any atom is 0.259 e. The Balaban J connectivity index is 2.02. The quantitative estimate of drug-likeness (QED) is 0.710. The smallest absolute Gasteiger partial charge is 0.259 e. The second-order valence-corrected chi connectivity index (χ2v) is 6.80. The standard InChI is InChI=1S/C16H14Br2N2O/c17-10-6-7-11(13(18)9-10)16(21)20-8-2-3-12-14(19)4-1-5-15(12)20/h1,4-7,9H,2-3,8,19H2. The van der Waals surface area contributed by atoms with Crippen molar-refractivity contribution in [3.05, 3.63) is 56.5 Å². The van der Waals surface area contributed by atoms with Crippen LogP contribution in [0, 0.1) is 0 Å². The number of anilines is 2. The minimum absolute atomic E-state index is 0.000856. The van der Waals surface area contributed by atoms with E-state index in [1.165, 1.54) is 0 Å². The van der Waals surface area contributed by atoms with E-state index in [4.69, 9.17) is 5.73 Å². The van der Waals surface area contributed by atoms with Gasteiger partial charge in [0.2, 0.25) is 0 Å². The molecule has 0 atom stereocenters. The Morgan fingerprint density at radius 3 is 2.76 bits per heavy atom. The van der Waals surface area contributed by atoms with Gasteiger partial charge in [0.25, 0.3) is 5.91 Å². The van der Waals surface area contributed by atoms with E-state index in [0.717, 1.165) is 45.3 Å². The number of nitrogens with two attached hydrogens (primary N) is 1. The lowest BCUT2D eigenvalue weighted by Crippen LogP contribution is -2.35. The molecule has 0 saturated carbocycles. The van der Waals surface area contributed by atoms with Gasteiger partial charge in [-0.1, -0.05) is 22.0 Å². The molecular formula is C16H14Br2N2O. The van der Waals surface area contributed by atoms with Crippen molar-refractivity contribution < 1.29 is 4.79 Å². The van der Waals surface area contributed by atoms with Crippen LogP contribution in [-0.4, -0.2) is 12.5 Å². The maximum atomic E-state index is 12.8. The van der Waals surface area contributed by atoms with Gasteiger partial charge in [0.1, 0.15) is 0 Å². The van der Waals surface area contributed by atoms with Crippen molar-refractivity contribution in [2.45, 2.75) is 12.8 Å². The zero-order valence-corrected chi connectivity index (χ0v) is 14.4. The molecule has 3 rings (SSSR count). The van der Waals surface area contributed by atoms with Crippen molar-refractivity contribution in [2.75, 3.05) is 17.2 Å². The number of hydrogen-bond acceptors (Lipinski definition) is 2. The van der Waals surface area contributed by atoms with Gasteiger partial charge in [-0.3, -0.25) is 4.79 Å². The molecule has 0 unspecified atom stereocenters. The molecule has 2 N–H and O–H groups in total. The normalized spacial score (nSPS) is 13.9. The van der Waals surface area contributed by atoms with Crippen molar-refractivity contribution in [2.24, 2.45) is 0 Å². The van der Waals surface area contributed by atoms with Crippen LogP contribution in [0.25, 0.3) is 0 Å². The number of amides is 1. The van der Waals surface area contributed by atoms with Crippen LogP contribution in [-0.2, 0) is 6.42 Å². The second kappa shape index (κ2) is 5.81. The highest BCUT2D eigenvalue weighted by molar-refractivity contribution is 9.11. The zero-order chi connectivity index (χ0) is 15.0. The number of carbonyl (C=O) groups is 1. The summed E-state index contributed by atoms with van der Waals surface area (Å²) in [5, 5.41) is 0. The molecule has 0 fully saturated rings. The highest BCUT2D eigenvalue weighted by Crippen LogP contribution is 2.33. The number of fused-ring (bicyclic) bond motifs is 1. The number of halogens is 2. The molecule has 2 aromatic carbocycles. The van der Waals surface area contributed by atoms with Crippen molar-refractivity contribution >= 4 is 49.1 Å². The summed E-state index contributed by atoms with van der Waals surface area (Å²) in [5.41, 5.74) is 9.47. The average Bonchev–Trinajstić information content (AvgIpc) is 2.46.